The molecule has 1 aromatic rings. The Balaban J connectivity index is 2.10. The van der Waals surface area contributed by atoms with Gasteiger partial charge in [-0.2, -0.15) is 0 Å². The SMILES string of the molecule is COC(=O)C[C@H]1C(O[Si](C)(C)C(C)(C)C)CCN1C(=O)OCc1ccccc1. The highest BCUT2D eigenvalue weighted by molar-refractivity contribution is 6.74. The highest BCUT2D eigenvalue weighted by atomic mass is 28.4. The van der Waals surface area contributed by atoms with Crippen molar-refractivity contribution in [2.45, 2.75) is 70.5 Å². The van der Waals surface area contributed by atoms with E-state index < -0.39 is 14.4 Å². The van der Waals surface area contributed by atoms with E-state index in [9.17, 15) is 9.59 Å². The number of likely N-dealkylation sites (tertiary alicyclic amines) is 1. The standard InChI is InChI=1S/C21H33NO5Si/c1-21(2,3)28(5,6)27-18-12-13-22(17(18)14-19(23)25-4)20(24)26-15-16-10-8-7-9-11-16/h7-11,17-18H,12-15H2,1-6H3/t17-,18?/m0/s1. The first-order chi connectivity index (χ1) is 13.0. The predicted molar refractivity (Wildman–Crippen MR) is 110 cm³/mol. The largest absolute Gasteiger partial charge is 0.469 e. The zero-order chi connectivity index (χ0) is 20.9. The van der Waals surface area contributed by atoms with Gasteiger partial charge in [0.15, 0.2) is 8.32 Å². The molecule has 6 nitrogen and oxygen atoms in total. The molecule has 156 valence electrons. The Labute approximate surface area is 169 Å². The maximum absolute atomic E-state index is 12.7. The first-order valence-electron chi connectivity index (χ1n) is 9.77. The Morgan fingerprint density at radius 1 is 1.18 bits per heavy atom. The third-order valence-electron chi connectivity index (χ3n) is 5.78. The maximum Gasteiger partial charge on any atom is 0.410 e. The third-order valence-corrected chi connectivity index (χ3v) is 10.3. The van der Waals surface area contributed by atoms with Crippen molar-refractivity contribution >= 4 is 20.4 Å². The molecule has 1 amide bonds. The number of carbonyl (C=O) groups excluding carboxylic acids is 2. The summed E-state index contributed by atoms with van der Waals surface area (Å²) in [5.41, 5.74) is 0.925. The molecule has 0 bridgehead atoms. The number of benzene rings is 1. The van der Waals surface area contributed by atoms with Crippen molar-refractivity contribution in [1.29, 1.82) is 0 Å². The van der Waals surface area contributed by atoms with Gasteiger partial charge in [-0.05, 0) is 30.1 Å². The summed E-state index contributed by atoms with van der Waals surface area (Å²) in [5, 5.41) is 0.0457. The molecule has 28 heavy (non-hydrogen) atoms. The van der Waals surface area contributed by atoms with Crippen LogP contribution in [0.25, 0.3) is 0 Å². The molecule has 0 radical (unpaired) electrons. The van der Waals surface area contributed by atoms with E-state index in [4.69, 9.17) is 13.9 Å². The van der Waals surface area contributed by atoms with Crippen LogP contribution in [0.1, 0.15) is 39.2 Å². The van der Waals surface area contributed by atoms with E-state index in [-0.39, 0.29) is 36.2 Å². The Morgan fingerprint density at radius 3 is 2.39 bits per heavy atom. The summed E-state index contributed by atoms with van der Waals surface area (Å²) in [7, 11) is -0.679. The number of hydrogen-bond acceptors (Lipinski definition) is 5. The van der Waals surface area contributed by atoms with E-state index in [1.54, 1.807) is 4.90 Å². The van der Waals surface area contributed by atoms with Crippen LogP contribution >= 0.6 is 0 Å². The van der Waals surface area contributed by atoms with Crippen LogP contribution in [-0.4, -0.2) is 51.1 Å². The van der Waals surface area contributed by atoms with Gasteiger partial charge in [0.25, 0.3) is 0 Å². The van der Waals surface area contributed by atoms with E-state index in [1.807, 2.05) is 30.3 Å². The number of carbonyl (C=O) groups is 2. The van der Waals surface area contributed by atoms with E-state index >= 15 is 0 Å². The Bertz CT molecular complexity index is 671. The summed E-state index contributed by atoms with van der Waals surface area (Å²) in [4.78, 5) is 26.3. The molecule has 1 heterocycles. The highest BCUT2D eigenvalue weighted by Gasteiger charge is 2.46. The third kappa shape index (κ3) is 5.58. The molecular formula is C21H33NO5Si. The van der Waals surface area contributed by atoms with Crippen LogP contribution in [0, 0.1) is 0 Å². The second kappa shape index (κ2) is 9.09. The van der Waals surface area contributed by atoms with Gasteiger partial charge in [0.05, 0.1) is 25.7 Å². The van der Waals surface area contributed by atoms with Gasteiger partial charge in [-0.3, -0.25) is 4.79 Å². The summed E-state index contributed by atoms with van der Waals surface area (Å²) < 4.78 is 16.9. The first-order valence-corrected chi connectivity index (χ1v) is 12.7. The minimum atomic E-state index is -2.04. The number of ether oxygens (including phenoxy) is 2. The van der Waals surface area contributed by atoms with Crippen LogP contribution in [0.15, 0.2) is 30.3 Å². The van der Waals surface area contributed by atoms with Gasteiger partial charge in [0.1, 0.15) is 6.61 Å². The van der Waals surface area contributed by atoms with E-state index in [0.29, 0.717) is 13.0 Å². The maximum atomic E-state index is 12.7. The van der Waals surface area contributed by atoms with Crippen LogP contribution in [0.3, 0.4) is 0 Å². The molecular weight excluding hydrogens is 374 g/mol. The van der Waals surface area contributed by atoms with Crippen molar-refractivity contribution in [1.82, 2.24) is 4.90 Å². The molecule has 1 fully saturated rings. The lowest BCUT2D eigenvalue weighted by atomic mass is 10.1. The molecule has 0 aliphatic carbocycles. The molecule has 0 saturated carbocycles. The highest BCUT2D eigenvalue weighted by Crippen LogP contribution is 2.39. The lowest BCUT2D eigenvalue weighted by molar-refractivity contribution is -0.142. The Hall–Kier alpha value is -1.86. The fourth-order valence-electron chi connectivity index (χ4n) is 3.04. The molecule has 1 aromatic carbocycles. The van der Waals surface area contributed by atoms with Crippen molar-refractivity contribution in [2.75, 3.05) is 13.7 Å². The number of amides is 1. The van der Waals surface area contributed by atoms with Gasteiger partial charge in [0, 0.05) is 6.54 Å². The van der Waals surface area contributed by atoms with Gasteiger partial charge in [-0.15, -0.1) is 0 Å². The van der Waals surface area contributed by atoms with Crippen molar-refractivity contribution in [3.63, 3.8) is 0 Å². The lowest BCUT2D eigenvalue weighted by Crippen LogP contribution is -2.49. The second-order valence-electron chi connectivity index (χ2n) is 8.79. The number of rotatable bonds is 6. The molecule has 0 N–H and O–H groups in total. The van der Waals surface area contributed by atoms with Crippen LogP contribution in [-0.2, 0) is 25.3 Å². The molecule has 1 aliphatic heterocycles. The van der Waals surface area contributed by atoms with Gasteiger partial charge in [0.2, 0.25) is 0 Å². The monoisotopic (exact) mass is 407 g/mol. The van der Waals surface area contributed by atoms with Gasteiger partial charge in [-0.1, -0.05) is 51.1 Å². The van der Waals surface area contributed by atoms with E-state index in [1.165, 1.54) is 7.11 Å². The van der Waals surface area contributed by atoms with Gasteiger partial charge in [-0.25, -0.2) is 4.79 Å². The van der Waals surface area contributed by atoms with Crippen molar-refractivity contribution in [2.24, 2.45) is 0 Å². The van der Waals surface area contributed by atoms with Gasteiger partial charge >= 0.3 is 12.1 Å². The average molecular weight is 408 g/mol. The smallest absolute Gasteiger partial charge is 0.410 e. The molecule has 1 unspecified atom stereocenters. The Kier molecular flexibility index (Phi) is 7.28. The van der Waals surface area contributed by atoms with Gasteiger partial charge < -0.3 is 18.8 Å². The van der Waals surface area contributed by atoms with Crippen molar-refractivity contribution in [3.8, 4) is 0 Å². The fourth-order valence-corrected chi connectivity index (χ4v) is 4.43. The molecule has 2 atom stereocenters. The first kappa shape index (κ1) is 22.4. The van der Waals surface area contributed by atoms with E-state index in [2.05, 4.69) is 33.9 Å². The number of nitrogens with zero attached hydrogens (tertiary/aromatic N) is 1. The minimum absolute atomic E-state index is 0.0457. The molecule has 2 rings (SSSR count). The Morgan fingerprint density at radius 2 is 1.82 bits per heavy atom. The number of hydrogen-bond donors (Lipinski definition) is 0. The van der Waals surface area contributed by atoms with E-state index in [0.717, 1.165) is 5.56 Å². The van der Waals surface area contributed by atoms with Crippen LogP contribution in [0.5, 0.6) is 0 Å². The normalized spacial score (nSPS) is 20.1. The molecule has 1 saturated heterocycles. The topological polar surface area (TPSA) is 65.1 Å². The quantitative estimate of drug-likeness (QED) is 0.518. The molecule has 0 spiro atoms. The average Bonchev–Trinajstić information content (AvgIpc) is 3.01. The zero-order valence-corrected chi connectivity index (χ0v) is 18.9. The molecule has 0 aromatic heterocycles. The van der Waals surface area contributed by atoms with Crippen LogP contribution < -0.4 is 0 Å². The summed E-state index contributed by atoms with van der Waals surface area (Å²) in [5.74, 6) is -0.350. The molecule has 7 heteroatoms. The predicted octanol–water partition coefficient (Wildman–Crippen LogP) is 4.35. The van der Waals surface area contributed by atoms with Crippen LogP contribution in [0.2, 0.25) is 18.1 Å². The second-order valence-corrected chi connectivity index (χ2v) is 13.5. The van der Waals surface area contributed by atoms with Crippen molar-refractivity contribution in [3.05, 3.63) is 35.9 Å². The zero-order valence-electron chi connectivity index (χ0n) is 17.9. The summed E-state index contributed by atoms with van der Waals surface area (Å²) >= 11 is 0. The summed E-state index contributed by atoms with van der Waals surface area (Å²) in [6, 6.07) is 9.18. The number of methoxy groups -OCH3 is 1. The molecule has 1 aliphatic rings. The number of esters is 1. The van der Waals surface area contributed by atoms with Crippen molar-refractivity contribution < 1.29 is 23.5 Å². The minimum Gasteiger partial charge on any atom is -0.469 e. The van der Waals surface area contributed by atoms with Crippen LogP contribution in [0.4, 0.5) is 4.79 Å². The summed E-state index contributed by atoms with van der Waals surface area (Å²) in [6.45, 7) is 11.6. The summed E-state index contributed by atoms with van der Waals surface area (Å²) in [6.07, 6.45) is 0.188. The fraction of sp³-hybridized carbons (Fsp3) is 0.619. The lowest BCUT2D eigenvalue weighted by Gasteiger charge is -2.40.